The molecule has 0 aromatic heterocycles. The van der Waals surface area contributed by atoms with Gasteiger partial charge in [-0.2, -0.15) is 0 Å². The van der Waals surface area contributed by atoms with Crippen LogP contribution in [0.5, 0.6) is 0 Å². The molecule has 0 radical (unpaired) electrons. The molecule has 0 amide bonds. The summed E-state index contributed by atoms with van der Waals surface area (Å²) in [5, 5.41) is 19.6. The van der Waals surface area contributed by atoms with Gasteiger partial charge in [0.2, 0.25) is 0 Å². The van der Waals surface area contributed by atoms with Crippen molar-refractivity contribution in [1.29, 1.82) is 0 Å². The molecule has 2 N–H and O–H groups in total. The van der Waals surface area contributed by atoms with Crippen molar-refractivity contribution in [2.24, 2.45) is 17.3 Å². The quantitative estimate of drug-likeness (QED) is 0.633. The minimum Gasteiger partial charge on any atom is -0.396 e. The van der Waals surface area contributed by atoms with E-state index in [1.54, 1.807) is 0 Å². The first-order valence-corrected chi connectivity index (χ1v) is 10.2. The molecule has 3 heteroatoms. The molecule has 0 aromatic rings. The Kier molecular flexibility index (Phi) is 7.95. The van der Waals surface area contributed by atoms with Gasteiger partial charge in [-0.1, -0.05) is 47.8 Å². The van der Waals surface area contributed by atoms with Crippen LogP contribution < -0.4 is 0 Å². The van der Waals surface area contributed by atoms with Gasteiger partial charge in [-0.25, -0.2) is 0 Å². The molecule has 0 spiro atoms. The molecule has 19 heavy (non-hydrogen) atoms. The highest BCUT2D eigenvalue weighted by atomic mass is 31.2. The summed E-state index contributed by atoms with van der Waals surface area (Å²) in [6.07, 6.45) is 8.29. The summed E-state index contributed by atoms with van der Waals surface area (Å²) in [6, 6.07) is 0. The molecule has 2 nitrogen and oxygen atoms in total. The molecule has 0 saturated carbocycles. The second kappa shape index (κ2) is 7.86. The summed E-state index contributed by atoms with van der Waals surface area (Å²) in [5.41, 5.74) is 0.163. The predicted octanol–water partition coefficient (Wildman–Crippen LogP) is 3.87. The Labute approximate surface area is 120 Å². The van der Waals surface area contributed by atoms with Gasteiger partial charge in [0.25, 0.3) is 0 Å². The van der Waals surface area contributed by atoms with Crippen molar-refractivity contribution in [3.63, 3.8) is 0 Å². The van der Waals surface area contributed by atoms with Gasteiger partial charge in [0.1, 0.15) is 0 Å². The van der Waals surface area contributed by atoms with E-state index in [4.69, 9.17) is 5.11 Å². The smallest absolute Gasteiger partial charge is 0.0726 e. The van der Waals surface area contributed by atoms with E-state index < -0.39 is 6.89 Å². The standard InChI is InChI=1S/C16H35O2P/c1-13(2)16(4,5)11-15(18)19(6,7)10-8-9-14(3)12-17/h13-15,17-18H,6,8-12H2,1-5,7H3. The first-order chi connectivity index (χ1) is 8.53. The average molecular weight is 290 g/mol. The van der Waals surface area contributed by atoms with E-state index in [-0.39, 0.29) is 17.9 Å². The van der Waals surface area contributed by atoms with E-state index in [9.17, 15) is 5.11 Å². The third kappa shape index (κ3) is 6.97. The van der Waals surface area contributed by atoms with Gasteiger partial charge in [-0.3, -0.25) is 0 Å². The van der Waals surface area contributed by atoms with Gasteiger partial charge < -0.3 is 10.2 Å². The summed E-state index contributed by atoms with van der Waals surface area (Å²) < 4.78 is 0. The fraction of sp³-hybridized carbons (Fsp3) is 0.938. The number of hydrogen-bond donors (Lipinski definition) is 2. The zero-order valence-corrected chi connectivity index (χ0v) is 14.7. The van der Waals surface area contributed by atoms with Crippen LogP contribution in [-0.4, -0.2) is 41.8 Å². The number of aliphatic hydroxyl groups is 2. The molecule has 0 fully saturated rings. The van der Waals surface area contributed by atoms with Crippen LogP contribution in [0.1, 0.15) is 53.9 Å². The SMILES string of the molecule is C=P(C)(CCCC(C)CO)C(O)CC(C)(C)C(C)C. The van der Waals surface area contributed by atoms with Crippen molar-refractivity contribution >= 4 is 13.2 Å². The molecule has 0 aliphatic heterocycles. The van der Waals surface area contributed by atoms with Crippen LogP contribution in [0, 0.1) is 17.3 Å². The molecule has 0 aliphatic carbocycles. The lowest BCUT2D eigenvalue weighted by Gasteiger charge is -2.36. The summed E-state index contributed by atoms with van der Waals surface area (Å²) in [5.74, 6) is 0.676. The van der Waals surface area contributed by atoms with Crippen molar-refractivity contribution in [1.82, 2.24) is 0 Å². The maximum absolute atomic E-state index is 10.5. The molecule has 0 rings (SSSR count). The first-order valence-electron chi connectivity index (χ1n) is 7.51. The molecule has 0 aliphatic rings. The monoisotopic (exact) mass is 290 g/mol. The van der Waals surface area contributed by atoms with Crippen molar-refractivity contribution in [3.05, 3.63) is 0 Å². The molecule has 0 aromatic carbocycles. The Morgan fingerprint density at radius 3 is 2.16 bits per heavy atom. The predicted molar refractivity (Wildman–Crippen MR) is 89.6 cm³/mol. The lowest BCUT2D eigenvalue weighted by molar-refractivity contribution is 0.140. The first kappa shape index (κ1) is 19.2. The summed E-state index contributed by atoms with van der Waals surface area (Å²) in [4.78, 5) is 0. The number of rotatable bonds is 9. The Hall–Kier alpha value is 0.220. The zero-order valence-electron chi connectivity index (χ0n) is 13.8. The minimum atomic E-state index is -1.51. The lowest BCUT2D eigenvalue weighted by Crippen LogP contribution is -2.26. The van der Waals surface area contributed by atoms with E-state index >= 15 is 0 Å². The normalized spacial score (nSPS) is 19.2. The van der Waals surface area contributed by atoms with Gasteiger partial charge in [0, 0.05) is 6.61 Å². The van der Waals surface area contributed by atoms with E-state index in [2.05, 4.69) is 47.6 Å². The summed E-state index contributed by atoms with van der Waals surface area (Å²) >= 11 is 0. The molecule has 3 atom stereocenters. The van der Waals surface area contributed by atoms with Gasteiger partial charge in [0.15, 0.2) is 0 Å². The summed E-state index contributed by atoms with van der Waals surface area (Å²) in [7, 11) is 0. The second-order valence-electron chi connectivity index (χ2n) is 7.46. The van der Waals surface area contributed by atoms with E-state index in [1.807, 2.05) is 0 Å². The van der Waals surface area contributed by atoms with Crippen LogP contribution in [0.25, 0.3) is 0 Å². The Balaban J connectivity index is 4.36. The van der Waals surface area contributed by atoms with E-state index in [1.165, 1.54) is 0 Å². The summed E-state index contributed by atoms with van der Waals surface area (Å²) in [6.45, 7) is 11.9. The fourth-order valence-electron chi connectivity index (χ4n) is 1.97. The van der Waals surface area contributed by atoms with Crippen molar-refractivity contribution in [3.8, 4) is 0 Å². The number of aliphatic hydroxyl groups excluding tert-OH is 2. The molecule has 0 heterocycles. The maximum Gasteiger partial charge on any atom is 0.0726 e. The van der Waals surface area contributed by atoms with Crippen LogP contribution in [0.3, 0.4) is 0 Å². The van der Waals surface area contributed by atoms with Crippen molar-refractivity contribution < 1.29 is 10.2 Å². The van der Waals surface area contributed by atoms with Crippen molar-refractivity contribution in [2.75, 3.05) is 19.4 Å². The third-order valence-corrected chi connectivity index (χ3v) is 7.63. The zero-order chi connectivity index (χ0) is 15.3. The maximum atomic E-state index is 10.5. The Bertz CT molecular complexity index is 297. The van der Waals surface area contributed by atoms with Crippen LogP contribution in [-0.2, 0) is 0 Å². The average Bonchev–Trinajstić information content (AvgIpc) is 2.27. The third-order valence-electron chi connectivity index (χ3n) is 4.67. The lowest BCUT2D eigenvalue weighted by atomic mass is 9.78. The molecular formula is C16H35O2P. The topological polar surface area (TPSA) is 40.5 Å². The van der Waals surface area contributed by atoms with Crippen molar-refractivity contribution in [2.45, 2.75) is 59.7 Å². The van der Waals surface area contributed by atoms with E-state index in [0.29, 0.717) is 11.8 Å². The molecule has 116 valence electrons. The molecule has 3 unspecified atom stereocenters. The highest BCUT2D eigenvalue weighted by Gasteiger charge is 2.29. The highest BCUT2D eigenvalue weighted by molar-refractivity contribution is 7.73. The van der Waals surface area contributed by atoms with Gasteiger partial charge in [0.05, 0.1) is 5.85 Å². The fourth-order valence-corrected chi connectivity index (χ4v) is 4.08. The van der Waals surface area contributed by atoms with Crippen LogP contribution in [0.15, 0.2) is 0 Å². The molecule has 0 bridgehead atoms. The van der Waals surface area contributed by atoms with Gasteiger partial charge >= 0.3 is 0 Å². The van der Waals surface area contributed by atoms with E-state index in [0.717, 1.165) is 25.4 Å². The number of hydrogen-bond acceptors (Lipinski definition) is 2. The van der Waals surface area contributed by atoms with Crippen LogP contribution in [0.2, 0.25) is 0 Å². The Morgan fingerprint density at radius 2 is 1.74 bits per heavy atom. The van der Waals surface area contributed by atoms with Crippen LogP contribution >= 0.6 is 6.89 Å². The minimum absolute atomic E-state index is 0.163. The largest absolute Gasteiger partial charge is 0.396 e. The van der Waals surface area contributed by atoms with Gasteiger partial charge in [-0.05, 0) is 49.3 Å². The molecular weight excluding hydrogens is 255 g/mol. The van der Waals surface area contributed by atoms with Gasteiger partial charge in [-0.15, -0.1) is 0 Å². The highest BCUT2D eigenvalue weighted by Crippen LogP contribution is 2.50. The van der Waals surface area contributed by atoms with Crippen LogP contribution in [0.4, 0.5) is 0 Å². The Morgan fingerprint density at radius 1 is 1.21 bits per heavy atom. The molecule has 0 saturated heterocycles. The second-order valence-corrected chi connectivity index (χ2v) is 11.5.